The second-order valence-electron chi connectivity index (χ2n) is 2.15. The van der Waals surface area contributed by atoms with Gasteiger partial charge in [-0.15, -0.1) is 29.7 Å². The smallest absolute Gasteiger partial charge is 0.346 e. The molecule has 0 aliphatic carbocycles. The fourth-order valence-corrected chi connectivity index (χ4v) is 1.07. The van der Waals surface area contributed by atoms with E-state index in [1.54, 1.807) is 6.92 Å². The van der Waals surface area contributed by atoms with Crippen molar-refractivity contribution in [1.82, 2.24) is 0 Å². The van der Waals surface area contributed by atoms with E-state index in [1.165, 1.54) is 10.8 Å². The van der Waals surface area contributed by atoms with Crippen LogP contribution in [0.4, 0.5) is 0 Å². The summed E-state index contributed by atoms with van der Waals surface area (Å²) in [6, 6.07) is 14.7. The number of hydrogen-bond donors (Lipinski definition) is 0. The molecule has 0 heterocycles. The Labute approximate surface area is 90.1 Å². The number of fused-ring (bicyclic) bond motifs is 1. The molecule has 0 bridgehead atoms. The Morgan fingerprint density at radius 3 is 2.42 bits per heavy atom. The van der Waals surface area contributed by atoms with Crippen LogP contribution in [0.2, 0.25) is 0 Å². The van der Waals surface area contributed by atoms with Gasteiger partial charge in [-0.2, -0.15) is 24.4 Å². The van der Waals surface area contributed by atoms with Crippen molar-refractivity contribution in [3.05, 3.63) is 49.4 Å². The molecule has 1 heteroatoms. The summed E-state index contributed by atoms with van der Waals surface area (Å²) in [6.07, 6.45) is 0. The quantitative estimate of drug-likeness (QED) is 0.419. The Hall–Kier alpha value is -0.404. The SMILES string of the molecule is [CH2-]C.[Mg+2].c1ccc2[cH-]ccc2c1. The van der Waals surface area contributed by atoms with E-state index in [-0.39, 0.29) is 23.1 Å². The van der Waals surface area contributed by atoms with Crippen LogP contribution in [-0.2, 0) is 0 Å². The number of rotatable bonds is 0. The molecule has 0 nitrogen and oxygen atoms in total. The van der Waals surface area contributed by atoms with Crippen LogP contribution in [0, 0.1) is 6.92 Å². The Morgan fingerprint density at radius 2 is 1.75 bits per heavy atom. The van der Waals surface area contributed by atoms with E-state index in [0.29, 0.717) is 0 Å². The van der Waals surface area contributed by atoms with Crippen molar-refractivity contribution in [2.75, 3.05) is 0 Å². The summed E-state index contributed by atoms with van der Waals surface area (Å²) in [4.78, 5) is 0. The van der Waals surface area contributed by atoms with Gasteiger partial charge in [0.15, 0.2) is 0 Å². The summed E-state index contributed by atoms with van der Waals surface area (Å²) in [5, 5.41) is 2.66. The average Bonchev–Trinajstić information content (AvgIpc) is 2.55. The molecule has 0 aromatic heterocycles. The third-order valence-electron chi connectivity index (χ3n) is 1.55. The van der Waals surface area contributed by atoms with Gasteiger partial charge in [-0.3, -0.25) is 0 Å². The minimum atomic E-state index is 0. The molecule has 0 N–H and O–H groups in total. The van der Waals surface area contributed by atoms with Crippen LogP contribution in [0.25, 0.3) is 10.8 Å². The average molecular weight is 169 g/mol. The van der Waals surface area contributed by atoms with Gasteiger partial charge in [-0.05, 0) is 0 Å². The van der Waals surface area contributed by atoms with Crippen LogP contribution in [0.5, 0.6) is 0 Å². The molecule has 0 saturated carbocycles. The van der Waals surface area contributed by atoms with Gasteiger partial charge in [0.25, 0.3) is 0 Å². The molecule has 0 amide bonds. The van der Waals surface area contributed by atoms with Crippen LogP contribution in [0.1, 0.15) is 6.92 Å². The molecule has 12 heavy (non-hydrogen) atoms. The van der Waals surface area contributed by atoms with E-state index < -0.39 is 0 Å². The van der Waals surface area contributed by atoms with Crippen LogP contribution in [0.3, 0.4) is 0 Å². The van der Waals surface area contributed by atoms with Crippen molar-refractivity contribution in [3.8, 4) is 0 Å². The van der Waals surface area contributed by atoms with E-state index >= 15 is 0 Å². The molecule has 58 valence electrons. The summed E-state index contributed by atoms with van der Waals surface area (Å²) in [7, 11) is 0. The number of benzene rings is 1. The topological polar surface area (TPSA) is 0 Å². The van der Waals surface area contributed by atoms with Gasteiger partial charge in [-0.1, -0.05) is 6.07 Å². The first-order valence-electron chi connectivity index (χ1n) is 3.78. The zero-order valence-electron chi connectivity index (χ0n) is 7.46. The zero-order chi connectivity index (χ0) is 8.10. The van der Waals surface area contributed by atoms with Gasteiger partial charge in [0, 0.05) is 0 Å². The molecule has 0 aliphatic rings. The minimum absolute atomic E-state index is 0. The Bertz CT molecular complexity index is 279. The summed E-state index contributed by atoms with van der Waals surface area (Å²) >= 11 is 0. The van der Waals surface area contributed by atoms with Gasteiger partial charge >= 0.3 is 23.1 Å². The van der Waals surface area contributed by atoms with Crippen molar-refractivity contribution < 1.29 is 0 Å². The third-order valence-corrected chi connectivity index (χ3v) is 1.55. The summed E-state index contributed by atoms with van der Waals surface area (Å²) in [5.41, 5.74) is 0. The first-order chi connectivity index (χ1) is 5.47. The summed E-state index contributed by atoms with van der Waals surface area (Å²) in [6.45, 7) is 5.00. The van der Waals surface area contributed by atoms with Gasteiger partial charge in [0.2, 0.25) is 0 Å². The predicted octanol–water partition coefficient (Wildman–Crippen LogP) is 3.02. The molecular formula is C11H12Mg. The molecule has 0 atom stereocenters. The van der Waals surface area contributed by atoms with E-state index in [4.69, 9.17) is 0 Å². The molecule has 2 aromatic rings. The molecule has 0 fully saturated rings. The Kier molecular flexibility index (Phi) is 5.94. The Balaban J connectivity index is 0.000000378. The third kappa shape index (κ3) is 2.57. The predicted molar refractivity (Wildman–Crippen MR) is 56.3 cm³/mol. The van der Waals surface area contributed by atoms with Crippen molar-refractivity contribution in [2.24, 2.45) is 0 Å². The zero-order valence-corrected chi connectivity index (χ0v) is 8.87. The first-order valence-corrected chi connectivity index (χ1v) is 3.78. The Morgan fingerprint density at radius 1 is 1.08 bits per heavy atom. The maximum absolute atomic E-state index is 3.25. The van der Waals surface area contributed by atoms with E-state index in [9.17, 15) is 0 Å². The molecular weight excluding hydrogens is 156 g/mol. The van der Waals surface area contributed by atoms with Crippen LogP contribution in [0.15, 0.2) is 42.5 Å². The van der Waals surface area contributed by atoms with Crippen molar-refractivity contribution in [1.29, 1.82) is 0 Å². The van der Waals surface area contributed by atoms with Gasteiger partial charge < -0.3 is 6.92 Å². The van der Waals surface area contributed by atoms with Crippen LogP contribution >= 0.6 is 0 Å². The molecule has 0 unspecified atom stereocenters. The van der Waals surface area contributed by atoms with Gasteiger partial charge in [0.1, 0.15) is 0 Å². The summed E-state index contributed by atoms with van der Waals surface area (Å²) in [5.74, 6) is 0. The molecule has 0 aliphatic heterocycles. The molecule has 2 aromatic carbocycles. The van der Waals surface area contributed by atoms with Gasteiger partial charge in [-0.25, -0.2) is 0 Å². The maximum atomic E-state index is 3.25. The fourth-order valence-electron chi connectivity index (χ4n) is 1.07. The molecule has 0 spiro atoms. The molecule has 0 saturated heterocycles. The minimum Gasteiger partial charge on any atom is -0.346 e. The van der Waals surface area contributed by atoms with E-state index in [2.05, 4.69) is 49.4 Å². The van der Waals surface area contributed by atoms with Crippen molar-refractivity contribution in [2.45, 2.75) is 6.92 Å². The monoisotopic (exact) mass is 168 g/mol. The van der Waals surface area contributed by atoms with Crippen molar-refractivity contribution in [3.63, 3.8) is 0 Å². The molecule has 2 rings (SSSR count). The van der Waals surface area contributed by atoms with E-state index in [0.717, 1.165) is 0 Å². The first kappa shape index (κ1) is 11.6. The summed E-state index contributed by atoms with van der Waals surface area (Å²) < 4.78 is 0. The molecule has 0 radical (unpaired) electrons. The fraction of sp³-hybridized carbons (Fsp3) is 0.0909. The van der Waals surface area contributed by atoms with Crippen LogP contribution < -0.4 is 0 Å². The maximum Gasteiger partial charge on any atom is 2.00 e. The van der Waals surface area contributed by atoms with Gasteiger partial charge in [0.05, 0.1) is 0 Å². The standard InChI is InChI=1S/C9H7.C2H5.Mg/c1-2-5-9-7-3-6-8(9)4-1;1-2;/h1-7H;1H2,2H3;/q2*-1;+2. The van der Waals surface area contributed by atoms with Crippen LogP contribution in [-0.4, -0.2) is 23.1 Å². The number of hydrogen-bond acceptors (Lipinski definition) is 0. The van der Waals surface area contributed by atoms with E-state index in [1.807, 2.05) is 0 Å². The second kappa shape index (κ2) is 6.15. The second-order valence-corrected chi connectivity index (χ2v) is 2.15. The normalized spacial score (nSPS) is 8.17. The largest absolute Gasteiger partial charge is 2.00 e. The van der Waals surface area contributed by atoms with Crippen molar-refractivity contribution >= 4 is 33.8 Å².